The zero-order valence-electron chi connectivity index (χ0n) is 17.8. The average Bonchev–Trinajstić information content (AvgIpc) is 3.18. The summed E-state index contributed by atoms with van der Waals surface area (Å²) >= 11 is 0. The molecule has 8 heteroatoms. The van der Waals surface area contributed by atoms with Gasteiger partial charge in [0.1, 0.15) is 6.61 Å². The molecule has 1 N–H and O–H groups in total. The number of aliphatic carboxylic acids is 1. The minimum absolute atomic E-state index is 0.0591. The quantitative estimate of drug-likeness (QED) is 0.418. The number of ether oxygens (including phenoxy) is 1. The number of para-hydroxylation sites is 1. The number of hydrogen-bond acceptors (Lipinski definition) is 3. The third-order valence-electron chi connectivity index (χ3n) is 6.88. The largest absolute Gasteiger partial charge is 0.481 e. The Hall–Kier alpha value is -3.81. The van der Waals surface area contributed by atoms with Crippen LogP contribution in [-0.4, -0.2) is 20.6 Å². The maximum absolute atomic E-state index is 13.5. The van der Waals surface area contributed by atoms with Gasteiger partial charge in [0.15, 0.2) is 0 Å². The maximum atomic E-state index is 13.5. The van der Waals surface area contributed by atoms with Crippen molar-refractivity contribution in [2.45, 2.75) is 25.1 Å². The number of carboxylic acids is 1. The molecule has 34 heavy (non-hydrogen) atoms. The fourth-order valence-electron chi connectivity index (χ4n) is 5.24. The van der Waals surface area contributed by atoms with Crippen molar-refractivity contribution >= 4 is 16.9 Å². The molecule has 1 fully saturated rings. The first-order valence-corrected chi connectivity index (χ1v) is 10.9. The lowest BCUT2D eigenvalue weighted by Crippen LogP contribution is -2.10. The number of carbonyl (C=O) groups is 1. The number of pyridine rings is 1. The second-order valence-corrected chi connectivity index (χ2v) is 8.86. The minimum atomic E-state index is -4.46. The summed E-state index contributed by atoms with van der Waals surface area (Å²) in [6.45, 7) is 0.207. The number of rotatable bonds is 5. The Bertz CT molecular complexity index is 1440. The molecule has 4 aromatic rings. The number of aromatic nitrogens is 2. The highest BCUT2D eigenvalue weighted by Gasteiger charge is 2.59. The highest BCUT2D eigenvalue weighted by molar-refractivity contribution is 5.83. The molecule has 0 bridgehead atoms. The Kier molecular flexibility index (Phi) is 4.49. The summed E-state index contributed by atoms with van der Waals surface area (Å²) in [7, 11) is 0. The molecule has 3 atom stereocenters. The van der Waals surface area contributed by atoms with E-state index in [1.807, 2.05) is 24.3 Å². The second-order valence-electron chi connectivity index (χ2n) is 8.86. The van der Waals surface area contributed by atoms with Crippen molar-refractivity contribution in [3.05, 3.63) is 89.2 Å². The summed E-state index contributed by atoms with van der Waals surface area (Å²) in [5.41, 5.74) is 2.90. The van der Waals surface area contributed by atoms with Crippen LogP contribution in [0.25, 0.3) is 16.6 Å². The van der Waals surface area contributed by atoms with E-state index in [1.165, 1.54) is 12.1 Å². The number of hydrogen-bond donors (Lipinski definition) is 1. The van der Waals surface area contributed by atoms with Crippen LogP contribution in [0, 0.1) is 11.8 Å². The summed E-state index contributed by atoms with van der Waals surface area (Å²) < 4.78 is 48.0. The lowest BCUT2D eigenvalue weighted by molar-refractivity contribution is -0.139. The van der Waals surface area contributed by atoms with E-state index in [2.05, 4.69) is 4.98 Å². The average molecular weight is 464 g/mol. The number of benzene rings is 2. The van der Waals surface area contributed by atoms with Crippen LogP contribution >= 0.6 is 0 Å². The van der Waals surface area contributed by atoms with Crippen LogP contribution < -0.4 is 4.74 Å². The monoisotopic (exact) mass is 464 g/mol. The van der Waals surface area contributed by atoms with E-state index in [0.717, 1.165) is 28.1 Å². The molecule has 2 aromatic heterocycles. The van der Waals surface area contributed by atoms with E-state index in [9.17, 15) is 23.1 Å². The first-order valence-electron chi connectivity index (χ1n) is 10.9. The molecule has 0 aliphatic heterocycles. The lowest BCUT2D eigenvalue weighted by Gasteiger charge is -2.15. The molecule has 2 aliphatic carbocycles. The topological polar surface area (TPSA) is 64.3 Å². The van der Waals surface area contributed by atoms with Gasteiger partial charge in [-0.05, 0) is 58.7 Å². The van der Waals surface area contributed by atoms with Gasteiger partial charge < -0.3 is 14.4 Å². The predicted molar refractivity (Wildman–Crippen MR) is 118 cm³/mol. The zero-order valence-corrected chi connectivity index (χ0v) is 17.8. The molecule has 5 nitrogen and oxygen atoms in total. The third kappa shape index (κ3) is 3.32. The smallest absolute Gasteiger partial charge is 0.418 e. The van der Waals surface area contributed by atoms with Crippen LogP contribution in [0.3, 0.4) is 0 Å². The molecule has 172 valence electrons. The van der Waals surface area contributed by atoms with Gasteiger partial charge in [0.25, 0.3) is 0 Å². The number of fused-ring (bicyclic) bond motifs is 4. The molecule has 0 radical (unpaired) electrons. The van der Waals surface area contributed by atoms with Crippen LogP contribution in [-0.2, 0) is 24.0 Å². The summed E-state index contributed by atoms with van der Waals surface area (Å²) in [6.07, 6.45) is -0.398. The molecule has 6 rings (SSSR count). The van der Waals surface area contributed by atoms with E-state index in [0.29, 0.717) is 17.8 Å². The molecule has 0 saturated heterocycles. The number of carboxylic acid groups (broad SMARTS) is 1. The molecular formula is C26H19F3N2O3. The number of halogens is 3. The minimum Gasteiger partial charge on any atom is -0.481 e. The van der Waals surface area contributed by atoms with Gasteiger partial charge in [-0.2, -0.15) is 13.2 Å². The van der Waals surface area contributed by atoms with Crippen molar-refractivity contribution in [3.63, 3.8) is 0 Å². The number of nitrogens with zero attached hydrogens (tertiary/aromatic N) is 2. The van der Waals surface area contributed by atoms with Gasteiger partial charge in [-0.3, -0.25) is 4.79 Å². The van der Waals surface area contributed by atoms with Gasteiger partial charge >= 0.3 is 12.1 Å². The van der Waals surface area contributed by atoms with Crippen molar-refractivity contribution in [3.8, 4) is 11.6 Å². The van der Waals surface area contributed by atoms with Crippen LogP contribution in [0.4, 0.5) is 13.2 Å². The van der Waals surface area contributed by atoms with E-state index >= 15 is 0 Å². The second kappa shape index (κ2) is 7.35. The molecule has 0 spiro atoms. The Morgan fingerprint density at radius 2 is 1.97 bits per heavy atom. The molecule has 2 aliphatic rings. The predicted octanol–water partition coefficient (Wildman–Crippen LogP) is 5.59. The van der Waals surface area contributed by atoms with Gasteiger partial charge in [0, 0.05) is 24.4 Å². The normalized spacial score (nSPS) is 20.7. The van der Waals surface area contributed by atoms with Gasteiger partial charge in [0.05, 0.1) is 22.7 Å². The highest BCUT2D eigenvalue weighted by Crippen LogP contribution is 2.61. The number of alkyl halides is 3. The molecular weight excluding hydrogens is 445 g/mol. The van der Waals surface area contributed by atoms with E-state index in [-0.39, 0.29) is 30.0 Å². The fourth-order valence-corrected chi connectivity index (χ4v) is 5.24. The fraction of sp³-hybridized carbons (Fsp3) is 0.231. The van der Waals surface area contributed by atoms with Crippen LogP contribution in [0.5, 0.6) is 5.88 Å². The standard InChI is InChI=1S/C26H19F3N2O3/c27-26(28,29)19-3-1-2-4-20(19)31-8-7-15-6-5-14(9-21(15)31)13-34-22-11-16-10-17-23(18(16)12-30-22)24(17)25(32)33/h1-9,11-12,17,23-24H,10,13H2,(H,32,33)/t17-,23-,24+/m1/s1. The van der Waals surface area contributed by atoms with Gasteiger partial charge in [0.2, 0.25) is 5.88 Å². The molecule has 2 aromatic carbocycles. The Labute approximate surface area is 192 Å². The van der Waals surface area contributed by atoms with Gasteiger partial charge in [-0.1, -0.05) is 24.3 Å². The molecule has 0 unspecified atom stereocenters. The first-order chi connectivity index (χ1) is 16.3. The maximum Gasteiger partial charge on any atom is 0.418 e. The van der Waals surface area contributed by atoms with E-state index in [1.54, 1.807) is 29.1 Å². The Balaban J connectivity index is 1.24. The molecule has 2 heterocycles. The van der Waals surface area contributed by atoms with E-state index in [4.69, 9.17) is 4.74 Å². The first kappa shape index (κ1) is 20.8. The molecule has 1 saturated carbocycles. The van der Waals surface area contributed by atoms with Gasteiger partial charge in [-0.15, -0.1) is 0 Å². The van der Waals surface area contributed by atoms with Crippen LogP contribution in [0.1, 0.15) is 28.2 Å². The molecule has 0 amide bonds. The van der Waals surface area contributed by atoms with Crippen molar-refractivity contribution in [1.82, 2.24) is 9.55 Å². The SMILES string of the molecule is O=C(O)[C@H]1[C@@H]2Cc3cc(OCc4ccc5ccn(-c6ccccc6C(F)(F)F)c5c4)ncc3[C@@H]21. The highest BCUT2D eigenvalue weighted by atomic mass is 19.4. The van der Waals surface area contributed by atoms with Crippen LogP contribution in [0.2, 0.25) is 0 Å². The summed E-state index contributed by atoms with van der Waals surface area (Å²) in [5.74, 6) is -0.390. The van der Waals surface area contributed by atoms with Crippen molar-refractivity contribution in [1.29, 1.82) is 0 Å². The van der Waals surface area contributed by atoms with Crippen molar-refractivity contribution in [2.75, 3.05) is 0 Å². The summed E-state index contributed by atoms with van der Waals surface area (Å²) in [4.78, 5) is 15.6. The van der Waals surface area contributed by atoms with Crippen molar-refractivity contribution in [2.24, 2.45) is 11.8 Å². The lowest BCUT2D eigenvalue weighted by atomic mass is 10.0. The van der Waals surface area contributed by atoms with Crippen molar-refractivity contribution < 1.29 is 27.8 Å². The van der Waals surface area contributed by atoms with E-state index < -0.39 is 17.7 Å². The zero-order chi connectivity index (χ0) is 23.6. The van der Waals surface area contributed by atoms with Gasteiger partial charge in [-0.25, -0.2) is 4.98 Å². The third-order valence-corrected chi connectivity index (χ3v) is 6.88. The Morgan fingerprint density at radius 1 is 1.15 bits per heavy atom. The summed E-state index contributed by atoms with van der Waals surface area (Å²) in [6, 6.07) is 14.7. The summed E-state index contributed by atoms with van der Waals surface area (Å²) in [5, 5.41) is 10.1. The van der Waals surface area contributed by atoms with Crippen LogP contribution in [0.15, 0.2) is 67.0 Å². The Morgan fingerprint density at radius 3 is 2.76 bits per heavy atom.